The van der Waals surface area contributed by atoms with Crippen molar-refractivity contribution in [1.29, 1.82) is 0 Å². The first-order valence-corrected chi connectivity index (χ1v) is 5.09. The highest BCUT2D eigenvalue weighted by Gasteiger charge is 2.12. The van der Waals surface area contributed by atoms with E-state index in [0.29, 0.717) is 26.2 Å². The zero-order valence-corrected chi connectivity index (χ0v) is 9.62. The maximum atomic E-state index is 11.4. The fourth-order valence-corrected chi connectivity index (χ4v) is 0.983. The third-order valence-electron chi connectivity index (χ3n) is 1.76. The summed E-state index contributed by atoms with van der Waals surface area (Å²) in [6.07, 6.45) is 0.295. The molecule has 0 aliphatic carbocycles. The molecule has 0 saturated heterocycles. The van der Waals surface area contributed by atoms with Gasteiger partial charge in [0.2, 0.25) is 5.91 Å². The Morgan fingerprint density at radius 2 is 1.87 bits per heavy atom. The molecular formula is C10H19NO4. The molecule has 88 valence electrons. The normalized spacial score (nSPS) is 9.80. The third-order valence-corrected chi connectivity index (χ3v) is 1.76. The summed E-state index contributed by atoms with van der Waals surface area (Å²) in [6.45, 7) is 4.91. The highest BCUT2D eigenvalue weighted by atomic mass is 16.5. The molecule has 0 unspecified atom stereocenters. The van der Waals surface area contributed by atoms with Gasteiger partial charge in [0.15, 0.2) is 0 Å². The second-order valence-corrected chi connectivity index (χ2v) is 3.00. The topological polar surface area (TPSA) is 55.8 Å². The summed E-state index contributed by atoms with van der Waals surface area (Å²) in [4.78, 5) is 23.8. The molecule has 0 heterocycles. The Morgan fingerprint density at radius 3 is 2.40 bits per heavy atom. The maximum Gasteiger partial charge on any atom is 0.325 e. The second-order valence-electron chi connectivity index (χ2n) is 3.00. The molecule has 0 aliphatic rings. The van der Waals surface area contributed by atoms with Gasteiger partial charge in [0.1, 0.15) is 6.54 Å². The van der Waals surface area contributed by atoms with E-state index in [2.05, 4.69) is 0 Å². The number of carbonyl (C=O) groups excluding carboxylic acids is 2. The predicted molar refractivity (Wildman–Crippen MR) is 55.4 cm³/mol. The summed E-state index contributed by atoms with van der Waals surface area (Å²) in [7, 11) is 1.57. The SMILES string of the molecule is CCOCCC(=O)N(C)CC(=O)OCC. The van der Waals surface area contributed by atoms with Crippen molar-refractivity contribution >= 4 is 11.9 Å². The van der Waals surface area contributed by atoms with E-state index in [1.165, 1.54) is 4.90 Å². The first-order valence-electron chi connectivity index (χ1n) is 5.09. The number of hydrogen-bond donors (Lipinski definition) is 0. The Morgan fingerprint density at radius 1 is 1.20 bits per heavy atom. The molecule has 0 atom stereocenters. The Bertz CT molecular complexity index is 206. The smallest absolute Gasteiger partial charge is 0.325 e. The van der Waals surface area contributed by atoms with Crippen molar-refractivity contribution in [1.82, 2.24) is 4.90 Å². The highest BCUT2D eigenvalue weighted by Crippen LogP contribution is 1.93. The van der Waals surface area contributed by atoms with E-state index < -0.39 is 0 Å². The van der Waals surface area contributed by atoms with Crippen LogP contribution in [0.4, 0.5) is 0 Å². The van der Waals surface area contributed by atoms with Crippen LogP contribution in [-0.4, -0.2) is 50.2 Å². The summed E-state index contributed by atoms with van der Waals surface area (Å²) < 4.78 is 9.77. The summed E-state index contributed by atoms with van der Waals surface area (Å²) in [5.74, 6) is -0.499. The fourth-order valence-electron chi connectivity index (χ4n) is 0.983. The molecule has 0 aliphatic heterocycles. The number of nitrogens with zero attached hydrogens (tertiary/aromatic N) is 1. The van der Waals surface area contributed by atoms with E-state index in [4.69, 9.17) is 9.47 Å². The van der Waals surface area contributed by atoms with Crippen molar-refractivity contribution < 1.29 is 19.1 Å². The molecule has 0 aromatic carbocycles. The van der Waals surface area contributed by atoms with Crippen molar-refractivity contribution in [3.8, 4) is 0 Å². The van der Waals surface area contributed by atoms with Gasteiger partial charge in [-0.25, -0.2) is 0 Å². The monoisotopic (exact) mass is 217 g/mol. The average Bonchev–Trinajstić information content (AvgIpc) is 2.18. The minimum Gasteiger partial charge on any atom is -0.465 e. The van der Waals surface area contributed by atoms with E-state index in [0.717, 1.165) is 0 Å². The molecule has 5 nitrogen and oxygen atoms in total. The molecule has 0 radical (unpaired) electrons. The van der Waals surface area contributed by atoms with Crippen LogP contribution in [0.3, 0.4) is 0 Å². The zero-order chi connectivity index (χ0) is 11.7. The molecule has 0 spiro atoms. The van der Waals surface area contributed by atoms with E-state index in [-0.39, 0.29) is 18.4 Å². The van der Waals surface area contributed by atoms with Crippen molar-refractivity contribution in [2.45, 2.75) is 20.3 Å². The lowest BCUT2D eigenvalue weighted by atomic mass is 10.4. The molecule has 1 amide bonds. The van der Waals surface area contributed by atoms with Gasteiger partial charge in [-0.3, -0.25) is 9.59 Å². The molecule has 0 fully saturated rings. The number of likely N-dealkylation sites (N-methyl/N-ethyl adjacent to an activating group) is 1. The molecule has 0 aromatic heterocycles. The minimum absolute atomic E-state index is 0.00119. The number of carbonyl (C=O) groups is 2. The zero-order valence-electron chi connectivity index (χ0n) is 9.62. The number of ether oxygens (including phenoxy) is 2. The second kappa shape index (κ2) is 8.23. The quantitative estimate of drug-likeness (QED) is 0.458. The van der Waals surface area contributed by atoms with Crippen LogP contribution in [0.15, 0.2) is 0 Å². The van der Waals surface area contributed by atoms with Crippen LogP contribution in [0.25, 0.3) is 0 Å². The summed E-state index contributed by atoms with van der Waals surface area (Å²) in [6, 6.07) is 0. The van der Waals surface area contributed by atoms with Gasteiger partial charge >= 0.3 is 5.97 Å². The van der Waals surface area contributed by atoms with Crippen molar-refractivity contribution in [2.75, 3.05) is 33.4 Å². The molecule has 5 heteroatoms. The van der Waals surface area contributed by atoms with Gasteiger partial charge in [-0.05, 0) is 13.8 Å². The van der Waals surface area contributed by atoms with Crippen LogP contribution in [0.5, 0.6) is 0 Å². The lowest BCUT2D eigenvalue weighted by Gasteiger charge is -2.15. The lowest BCUT2D eigenvalue weighted by Crippen LogP contribution is -2.33. The van der Waals surface area contributed by atoms with Gasteiger partial charge < -0.3 is 14.4 Å². The molecule has 0 rings (SSSR count). The molecule has 15 heavy (non-hydrogen) atoms. The maximum absolute atomic E-state index is 11.4. The first kappa shape index (κ1) is 13.9. The molecule has 0 aromatic rings. The summed E-state index contributed by atoms with van der Waals surface area (Å²) >= 11 is 0. The van der Waals surface area contributed by atoms with E-state index >= 15 is 0 Å². The Labute approximate surface area is 90.3 Å². The summed E-state index contributed by atoms with van der Waals surface area (Å²) in [5, 5.41) is 0. The third kappa shape index (κ3) is 6.90. The van der Waals surface area contributed by atoms with E-state index in [1.54, 1.807) is 14.0 Å². The number of amides is 1. The van der Waals surface area contributed by atoms with Gasteiger partial charge in [0.25, 0.3) is 0 Å². The van der Waals surface area contributed by atoms with Gasteiger partial charge in [-0.15, -0.1) is 0 Å². The van der Waals surface area contributed by atoms with Crippen molar-refractivity contribution in [2.24, 2.45) is 0 Å². The lowest BCUT2D eigenvalue weighted by molar-refractivity contribution is -0.148. The fraction of sp³-hybridized carbons (Fsp3) is 0.800. The first-order chi connectivity index (χ1) is 7.11. The van der Waals surface area contributed by atoms with Crippen LogP contribution in [0, 0.1) is 0 Å². The van der Waals surface area contributed by atoms with Crippen LogP contribution in [0.1, 0.15) is 20.3 Å². The molecule has 0 bridgehead atoms. The Hall–Kier alpha value is -1.10. The van der Waals surface area contributed by atoms with Crippen LogP contribution >= 0.6 is 0 Å². The van der Waals surface area contributed by atoms with Crippen molar-refractivity contribution in [3.63, 3.8) is 0 Å². The Balaban J connectivity index is 3.73. The van der Waals surface area contributed by atoms with Gasteiger partial charge in [0, 0.05) is 13.7 Å². The van der Waals surface area contributed by atoms with Crippen LogP contribution in [0.2, 0.25) is 0 Å². The summed E-state index contributed by atoms with van der Waals surface area (Å²) in [5.41, 5.74) is 0. The predicted octanol–water partition coefficient (Wildman–Crippen LogP) is 0.435. The molecule has 0 N–H and O–H groups in total. The standard InChI is InChI=1S/C10H19NO4/c1-4-14-7-6-9(12)11(3)8-10(13)15-5-2/h4-8H2,1-3H3. The van der Waals surface area contributed by atoms with E-state index in [9.17, 15) is 9.59 Å². The average molecular weight is 217 g/mol. The Kier molecular flexibility index (Phi) is 7.62. The molecular weight excluding hydrogens is 198 g/mol. The molecule has 0 saturated carbocycles. The van der Waals surface area contributed by atoms with Gasteiger partial charge in [0.05, 0.1) is 19.6 Å². The number of hydrogen-bond acceptors (Lipinski definition) is 4. The van der Waals surface area contributed by atoms with Crippen molar-refractivity contribution in [3.05, 3.63) is 0 Å². The van der Waals surface area contributed by atoms with Gasteiger partial charge in [-0.1, -0.05) is 0 Å². The number of rotatable bonds is 7. The largest absolute Gasteiger partial charge is 0.465 e. The number of esters is 1. The van der Waals surface area contributed by atoms with Gasteiger partial charge in [-0.2, -0.15) is 0 Å². The van der Waals surface area contributed by atoms with Crippen LogP contribution < -0.4 is 0 Å². The highest BCUT2D eigenvalue weighted by molar-refractivity contribution is 5.81. The minimum atomic E-state index is -0.384. The van der Waals surface area contributed by atoms with Crippen LogP contribution in [-0.2, 0) is 19.1 Å². The van der Waals surface area contributed by atoms with E-state index in [1.807, 2.05) is 6.92 Å².